The fraction of sp³-hybridized carbons (Fsp3) is 0.500. The highest BCUT2D eigenvalue weighted by Gasteiger charge is 2.34. The highest BCUT2D eigenvalue weighted by atomic mass is 16.2. The second kappa shape index (κ2) is 5.55. The van der Waals surface area contributed by atoms with Crippen LogP contribution in [0.25, 0.3) is 0 Å². The number of hydrogen-bond donors (Lipinski definition) is 1. The van der Waals surface area contributed by atoms with E-state index in [0.717, 1.165) is 25.7 Å². The summed E-state index contributed by atoms with van der Waals surface area (Å²) in [6.07, 6.45) is 5.37. The van der Waals surface area contributed by atoms with Crippen molar-refractivity contribution in [2.24, 2.45) is 5.41 Å². The first-order valence-electron chi connectivity index (χ1n) is 6.94. The van der Waals surface area contributed by atoms with E-state index in [1.165, 1.54) is 13.3 Å². The number of rotatable bonds is 3. The molecular weight excluding hydrogens is 238 g/mol. The first kappa shape index (κ1) is 13.8. The molecule has 1 aliphatic carbocycles. The molecule has 0 heterocycles. The molecule has 1 aromatic carbocycles. The van der Waals surface area contributed by atoms with E-state index in [0.29, 0.717) is 11.3 Å². The highest BCUT2D eigenvalue weighted by molar-refractivity contribution is 5.98. The van der Waals surface area contributed by atoms with Gasteiger partial charge in [0.05, 0.1) is 0 Å². The van der Waals surface area contributed by atoms with Crippen molar-refractivity contribution < 1.29 is 9.59 Å². The maximum atomic E-state index is 12.4. The van der Waals surface area contributed by atoms with Crippen LogP contribution in [-0.2, 0) is 4.79 Å². The number of Topliss-reactive ketones (excluding diaryl/α,β-unsaturated/α-hetero) is 1. The lowest BCUT2D eigenvalue weighted by atomic mass is 9.75. The van der Waals surface area contributed by atoms with Crippen molar-refractivity contribution in [1.29, 1.82) is 0 Å². The van der Waals surface area contributed by atoms with Gasteiger partial charge in [0.25, 0.3) is 0 Å². The minimum absolute atomic E-state index is 0.0139. The van der Waals surface area contributed by atoms with Crippen molar-refractivity contribution in [3.63, 3.8) is 0 Å². The Morgan fingerprint density at radius 2 is 1.84 bits per heavy atom. The summed E-state index contributed by atoms with van der Waals surface area (Å²) in [4.78, 5) is 23.7. The molecule has 2 rings (SSSR count). The van der Waals surface area contributed by atoms with E-state index in [4.69, 9.17) is 0 Å². The van der Waals surface area contributed by atoms with Crippen LogP contribution in [0.4, 0.5) is 5.69 Å². The van der Waals surface area contributed by atoms with Gasteiger partial charge in [0.1, 0.15) is 0 Å². The van der Waals surface area contributed by atoms with E-state index in [2.05, 4.69) is 5.32 Å². The average Bonchev–Trinajstić information content (AvgIpc) is 2.40. The van der Waals surface area contributed by atoms with Crippen molar-refractivity contribution in [1.82, 2.24) is 0 Å². The third-order valence-electron chi connectivity index (χ3n) is 4.03. The zero-order chi connectivity index (χ0) is 13.9. The van der Waals surface area contributed by atoms with Crippen molar-refractivity contribution in [3.8, 4) is 0 Å². The van der Waals surface area contributed by atoms with E-state index in [-0.39, 0.29) is 17.1 Å². The zero-order valence-corrected chi connectivity index (χ0v) is 11.7. The minimum Gasteiger partial charge on any atom is -0.326 e. The molecule has 3 nitrogen and oxygen atoms in total. The van der Waals surface area contributed by atoms with Gasteiger partial charge in [-0.1, -0.05) is 38.3 Å². The Morgan fingerprint density at radius 1 is 1.16 bits per heavy atom. The second-order valence-corrected chi connectivity index (χ2v) is 5.71. The van der Waals surface area contributed by atoms with Gasteiger partial charge < -0.3 is 5.32 Å². The summed E-state index contributed by atoms with van der Waals surface area (Å²) >= 11 is 0. The summed E-state index contributed by atoms with van der Waals surface area (Å²) in [5, 5.41) is 2.96. The summed E-state index contributed by atoms with van der Waals surface area (Å²) in [7, 11) is 0. The van der Waals surface area contributed by atoms with Crippen LogP contribution in [0, 0.1) is 5.41 Å². The number of amides is 1. The average molecular weight is 259 g/mol. The van der Waals surface area contributed by atoms with Crippen LogP contribution in [0.1, 0.15) is 56.3 Å². The van der Waals surface area contributed by atoms with Crippen LogP contribution in [0.3, 0.4) is 0 Å². The Kier molecular flexibility index (Phi) is 4.03. The number of carbonyl (C=O) groups excluding carboxylic acids is 2. The molecule has 0 bridgehead atoms. The molecule has 0 radical (unpaired) electrons. The van der Waals surface area contributed by atoms with Crippen molar-refractivity contribution in [2.75, 3.05) is 5.32 Å². The van der Waals surface area contributed by atoms with Gasteiger partial charge in [0.15, 0.2) is 5.78 Å². The van der Waals surface area contributed by atoms with Gasteiger partial charge in [-0.3, -0.25) is 9.59 Å². The van der Waals surface area contributed by atoms with Gasteiger partial charge >= 0.3 is 0 Å². The molecule has 1 saturated carbocycles. The Morgan fingerprint density at radius 3 is 2.47 bits per heavy atom. The number of ketones is 1. The lowest BCUT2D eigenvalue weighted by molar-refractivity contribution is -0.126. The first-order chi connectivity index (χ1) is 9.01. The normalized spacial score (nSPS) is 17.8. The molecule has 1 fully saturated rings. The van der Waals surface area contributed by atoms with Crippen LogP contribution >= 0.6 is 0 Å². The molecule has 102 valence electrons. The predicted molar refractivity (Wildman–Crippen MR) is 76.3 cm³/mol. The standard InChI is InChI=1S/C16H21NO2/c1-12(18)13-7-6-8-14(11-13)17-15(19)16(2)9-4-3-5-10-16/h6-8,11H,3-5,9-10H2,1-2H3,(H,17,19). The largest absolute Gasteiger partial charge is 0.326 e. The molecule has 0 unspecified atom stereocenters. The predicted octanol–water partition coefficient (Wildman–Crippen LogP) is 3.80. The van der Waals surface area contributed by atoms with E-state index in [1.54, 1.807) is 18.2 Å². The van der Waals surface area contributed by atoms with Gasteiger partial charge in [-0.05, 0) is 31.9 Å². The highest BCUT2D eigenvalue weighted by Crippen LogP contribution is 2.36. The molecule has 1 aliphatic rings. The fourth-order valence-corrected chi connectivity index (χ4v) is 2.66. The first-order valence-corrected chi connectivity index (χ1v) is 6.94. The molecule has 1 amide bonds. The van der Waals surface area contributed by atoms with E-state index in [9.17, 15) is 9.59 Å². The SMILES string of the molecule is CC(=O)c1cccc(NC(=O)C2(C)CCCCC2)c1. The van der Waals surface area contributed by atoms with E-state index >= 15 is 0 Å². The zero-order valence-electron chi connectivity index (χ0n) is 11.7. The Balaban J connectivity index is 2.10. The lowest BCUT2D eigenvalue weighted by Crippen LogP contribution is -2.35. The summed E-state index contributed by atoms with van der Waals surface area (Å²) in [6.45, 7) is 3.57. The van der Waals surface area contributed by atoms with Gasteiger partial charge in [-0.25, -0.2) is 0 Å². The fourth-order valence-electron chi connectivity index (χ4n) is 2.66. The smallest absolute Gasteiger partial charge is 0.230 e. The second-order valence-electron chi connectivity index (χ2n) is 5.71. The topological polar surface area (TPSA) is 46.2 Å². The maximum absolute atomic E-state index is 12.4. The summed E-state index contributed by atoms with van der Waals surface area (Å²) < 4.78 is 0. The van der Waals surface area contributed by atoms with Gasteiger partial charge in [-0.15, -0.1) is 0 Å². The van der Waals surface area contributed by atoms with Crippen LogP contribution in [-0.4, -0.2) is 11.7 Å². The quantitative estimate of drug-likeness (QED) is 0.839. The van der Waals surface area contributed by atoms with Crippen LogP contribution in [0.2, 0.25) is 0 Å². The number of anilines is 1. The molecule has 1 aromatic rings. The molecule has 1 N–H and O–H groups in total. The molecule has 0 saturated heterocycles. The Hall–Kier alpha value is -1.64. The summed E-state index contributed by atoms with van der Waals surface area (Å²) in [5.74, 6) is 0.0906. The maximum Gasteiger partial charge on any atom is 0.230 e. The molecular formula is C16H21NO2. The Labute approximate surface area is 114 Å². The van der Waals surface area contributed by atoms with Crippen LogP contribution in [0.5, 0.6) is 0 Å². The Bertz CT molecular complexity index is 487. The summed E-state index contributed by atoms with van der Waals surface area (Å²) in [6, 6.07) is 7.14. The number of nitrogens with one attached hydrogen (secondary N) is 1. The van der Waals surface area contributed by atoms with Crippen LogP contribution in [0.15, 0.2) is 24.3 Å². The monoisotopic (exact) mass is 259 g/mol. The van der Waals surface area contributed by atoms with E-state index in [1.807, 2.05) is 13.0 Å². The van der Waals surface area contributed by atoms with Crippen molar-refractivity contribution in [2.45, 2.75) is 46.0 Å². The molecule has 0 aliphatic heterocycles. The van der Waals surface area contributed by atoms with E-state index < -0.39 is 0 Å². The molecule has 19 heavy (non-hydrogen) atoms. The van der Waals surface area contributed by atoms with Crippen LogP contribution < -0.4 is 5.32 Å². The van der Waals surface area contributed by atoms with Gasteiger partial charge in [0.2, 0.25) is 5.91 Å². The third kappa shape index (κ3) is 3.22. The van der Waals surface area contributed by atoms with Gasteiger partial charge in [-0.2, -0.15) is 0 Å². The molecule has 3 heteroatoms. The van der Waals surface area contributed by atoms with Crippen molar-refractivity contribution in [3.05, 3.63) is 29.8 Å². The number of benzene rings is 1. The molecule has 0 spiro atoms. The number of hydrogen-bond acceptors (Lipinski definition) is 2. The minimum atomic E-state index is -0.259. The third-order valence-corrected chi connectivity index (χ3v) is 4.03. The molecule has 0 aromatic heterocycles. The lowest BCUT2D eigenvalue weighted by Gasteiger charge is -2.32. The molecule has 0 atom stereocenters. The van der Waals surface area contributed by atoms with Crippen molar-refractivity contribution >= 4 is 17.4 Å². The summed E-state index contributed by atoms with van der Waals surface area (Å²) in [5.41, 5.74) is 1.08. The number of carbonyl (C=O) groups is 2. The van der Waals surface area contributed by atoms with Gasteiger partial charge in [0, 0.05) is 16.7 Å².